The number of aromatic nitrogens is 2. The lowest BCUT2D eigenvalue weighted by molar-refractivity contribution is 0.0429. The molecule has 1 N–H and O–H groups in total. The predicted molar refractivity (Wildman–Crippen MR) is 80.6 cm³/mol. The lowest BCUT2D eigenvalue weighted by Gasteiger charge is -2.47. The minimum atomic E-state index is 0.335. The first-order valence-electron chi connectivity index (χ1n) is 7.38. The molecule has 19 heavy (non-hydrogen) atoms. The van der Waals surface area contributed by atoms with Crippen LogP contribution in [0.2, 0.25) is 0 Å². The molecule has 1 aromatic heterocycles. The molecule has 0 spiro atoms. The first-order valence-corrected chi connectivity index (χ1v) is 7.38. The molecular formula is C15H28N4. The Balaban J connectivity index is 2.11. The second-order valence-electron chi connectivity index (χ2n) is 6.58. The van der Waals surface area contributed by atoms with Crippen molar-refractivity contribution in [3.8, 4) is 0 Å². The smallest absolute Gasteiger partial charge is 0.203 e. The van der Waals surface area contributed by atoms with Crippen LogP contribution in [0.3, 0.4) is 0 Å². The standard InChI is InChI=1S/C15H28N4/c1-12(2)9-16-14-17-13(3)10-19(14)11-15(18(4)5)7-6-8-15/h10,12H,6-9,11H2,1-5H3,(H,16,17). The summed E-state index contributed by atoms with van der Waals surface area (Å²) >= 11 is 0. The van der Waals surface area contributed by atoms with E-state index >= 15 is 0 Å². The molecule has 4 heteroatoms. The summed E-state index contributed by atoms with van der Waals surface area (Å²) in [7, 11) is 4.40. The van der Waals surface area contributed by atoms with Crippen LogP contribution in [0.25, 0.3) is 0 Å². The van der Waals surface area contributed by atoms with Crippen LogP contribution < -0.4 is 5.32 Å². The van der Waals surface area contributed by atoms with Gasteiger partial charge in [-0.25, -0.2) is 4.98 Å². The van der Waals surface area contributed by atoms with Crippen molar-refractivity contribution in [1.82, 2.24) is 14.5 Å². The number of likely N-dealkylation sites (N-methyl/N-ethyl adjacent to an activating group) is 1. The molecule has 1 aliphatic carbocycles. The third-order valence-corrected chi connectivity index (χ3v) is 4.26. The molecule has 2 rings (SSSR count). The fourth-order valence-corrected chi connectivity index (χ4v) is 2.75. The zero-order chi connectivity index (χ0) is 14.0. The minimum Gasteiger partial charge on any atom is -0.355 e. The van der Waals surface area contributed by atoms with Crippen LogP contribution in [0.15, 0.2) is 6.20 Å². The molecule has 1 saturated carbocycles. The maximum absolute atomic E-state index is 4.62. The highest BCUT2D eigenvalue weighted by atomic mass is 15.3. The molecule has 0 aliphatic heterocycles. The number of imidazole rings is 1. The Morgan fingerprint density at radius 2 is 2.11 bits per heavy atom. The average molecular weight is 264 g/mol. The Kier molecular flexibility index (Phi) is 4.19. The molecule has 0 saturated heterocycles. The van der Waals surface area contributed by atoms with E-state index in [-0.39, 0.29) is 0 Å². The summed E-state index contributed by atoms with van der Waals surface area (Å²) in [5.74, 6) is 1.66. The van der Waals surface area contributed by atoms with Gasteiger partial charge < -0.3 is 14.8 Å². The van der Waals surface area contributed by atoms with Gasteiger partial charge in [0.1, 0.15) is 0 Å². The minimum absolute atomic E-state index is 0.335. The second-order valence-corrected chi connectivity index (χ2v) is 6.58. The third-order valence-electron chi connectivity index (χ3n) is 4.26. The molecule has 4 nitrogen and oxygen atoms in total. The monoisotopic (exact) mass is 264 g/mol. The number of hydrogen-bond acceptors (Lipinski definition) is 3. The molecule has 1 fully saturated rings. The Morgan fingerprint density at radius 1 is 1.42 bits per heavy atom. The van der Waals surface area contributed by atoms with Gasteiger partial charge >= 0.3 is 0 Å². The van der Waals surface area contributed by atoms with Crippen molar-refractivity contribution in [3.63, 3.8) is 0 Å². The van der Waals surface area contributed by atoms with Gasteiger partial charge in [0.15, 0.2) is 0 Å². The van der Waals surface area contributed by atoms with Crippen molar-refractivity contribution in [2.45, 2.75) is 52.1 Å². The normalized spacial score (nSPS) is 17.8. The van der Waals surface area contributed by atoms with Crippen molar-refractivity contribution in [1.29, 1.82) is 0 Å². The topological polar surface area (TPSA) is 33.1 Å². The maximum Gasteiger partial charge on any atom is 0.203 e. The van der Waals surface area contributed by atoms with Crippen molar-refractivity contribution in [2.75, 3.05) is 26.0 Å². The number of anilines is 1. The van der Waals surface area contributed by atoms with E-state index in [4.69, 9.17) is 0 Å². The first kappa shape index (κ1) is 14.4. The number of nitrogens with zero attached hydrogens (tertiary/aromatic N) is 3. The van der Waals surface area contributed by atoms with E-state index in [2.05, 4.69) is 60.8 Å². The highest BCUT2D eigenvalue weighted by Crippen LogP contribution is 2.38. The SMILES string of the molecule is Cc1cn(CC2(N(C)C)CCC2)c(NCC(C)C)n1. The fourth-order valence-electron chi connectivity index (χ4n) is 2.75. The molecule has 1 aromatic rings. The Bertz CT molecular complexity index is 416. The molecule has 1 aliphatic rings. The van der Waals surface area contributed by atoms with Crippen LogP contribution in [0.5, 0.6) is 0 Å². The maximum atomic E-state index is 4.62. The molecule has 0 amide bonds. The van der Waals surface area contributed by atoms with Crippen molar-refractivity contribution in [2.24, 2.45) is 5.92 Å². The van der Waals surface area contributed by atoms with Gasteiger partial charge in [-0.1, -0.05) is 13.8 Å². The average Bonchev–Trinajstić information content (AvgIpc) is 2.60. The number of rotatable bonds is 6. The summed E-state index contributed by atoms with van der Waals surface area (Å²) in [6, 6.07) is 0. The summed E-state index contributed by atoms with van der Waals surface area (Å²) in [5.41, 5.74) is 1.43. The third kappa shape index (κ3) is 3.11. The molecule has 0 bridgehead atoms. The summed E-state index contributed by atoms with van der Waals surface area (Å²) in [6.45, 7) is 8.54. The van der Waals surface area contributed by atoms with Crippen LogP contribution >= 0.6 is 0 Å². The highest BCUT2D eigenvalue weighted by Gasteiger charge is 2.39. The summed E-state index contributed by atoms with van der Waals surface area (Å²) in [5, 5.41) is 3.48. The summed E-state index contributed by atoms with van der Waals surface area (Å²) in [4.78, 5) is 7.00. The molecule has 0 radical (unpaired) electrons. The van der Waals surface area contributed by atoms with Gasteiger partial charge in [0.05, 0.1) is 5.69 Å². The van der Waals surface area contributed by atoms with Crippen molar-refractivity contribution < 1.29 is 0 Å². The lowest BCUT2D eigenvalue weighted by atomic mass is 9.75. The zero-order valence-electron chi connectivity index (χ0n) is 13.0. The quantitative estimate of drug-likeness (QED) is 0.857. The van der Waals surface area contributed by atoms with Crippen LogP contribution in [0.1, 0.15) is 38.8 Å². The summed E-state index contributed by atoms with van der Waals surface area (Å²) in [6.07, 6.45) is 6.11. The van der Waals surface area contributed by atoms with E-state index in [1.165, 1.54) is 19.3 Å². The first-order chi connectivity index (χ1) is 8.93. The second kappa shape index (κ2) is 5.53. The Labute approximate surface area is 117 Å². The van der Waals surface area contributed by atoms with E-state index in [1.54, 1.807) is 0 Å². The highest BCUT2D eigenvalue weighted by molar-refractivity contribution is 5.29. The number of nitrogens with one attached hydrogen (secondary N) is 1. The predicted octanol–water partition coefficient (Wildman–Crippen LogP) is 2.74. The van der Waals surface area contributed by atoms with E-state index in [1.807, 2.05) is 0 Å². The molecule has 0 unspecified atom stereocenters. The van der Waals surface area contributed by atoms with E-state index in [9.17, 15) is 0 Å². The summed E-state index contributed by atoms with van der Waals surface area (Å²) < 4.78 is 2.30. The van der Waals surface area contributed by atoms with E-state index in [0.29, 0.717) is 11.5 Å². The van der Waals surface area contributed by atoms with E-state index < -0.39 is 0 Å². The van der Waals surface area contributed by atoms with Crippen molar-refractivity contribution in [3.05, 3.63) is 11.9 Å². The van der Waals surface area contributed by atoms with Crippen LogP contribution in [0, 0.1) is 12.8 Å². The van der Waals surface area contributed by atoms with E-state index in [0.717, 1.165) is 24.7 Å². The van der Waals surface area contributed by atoms with Gasteiger partial charge in [-0.05, 0) is 46.2 Å². The Hall–Kier alpha value is -1.03. The van der Waals surface area contributed by atoms with Crippen LogP contribution in [-0.4, -0.2) is 40.6 Å². The van der Waals surface area contributed by atoms with Gasteiger partial charge in [-0.3, -0.25) is 0 Å². The molecule has 0 aromatic carbocycles. The van der Waals surface area contributed by atoms with Crippen molar-refractivity contribution >= 4 is 5.95 Å². The van der Waals surface area contributed by atoms with Gasteiger partial charge in [0.25, 0.3) is 0 Å². The molecule has 108 valence electrons. The Morgan fingerprint density at radius 3 is 2.58 bits per heavy atom. The van der Waals surface area contributed by atoms with Crippen LogP contribution in [-0.2, 0) is 6.54 Å². The van der Waals surface area contributed by atoms with Gasteiger partial charge in [-0.15, -0.1) is 0 Å². The number of hydrogen-bond donors (Lipinski definition) is 1. The van der Waals surface area contributed by atoms with Gasteiger partial charge in [0, 0.05) is 24.8 Å². The van der Waals surface area contributed by atoms with Gasteiger partial charge in [-0.2, -0.15) is 0 Å². The van der Waals surface area contributed by atoms with Gasteiger partial charge in [0.2, 0.25) is 5.95 Å². The number of aryl methyl sites for hydroxylation is 1. The molecule has 0 atom stereocenters. The fraction of sp³-hybridized carbons (Fsp3) is 0.800. The zero-order valence-corrected chi connectivity index (χ0v) is 13.0. The largest absolute Gasteiger partial charge is 0.355 e. The molecular weight excluding hydrogens is 236 g/mol. The van der Waals surface area contributed by atoms with Crippen LogP contribution in [0.4, 0.5) is 5.95 Å². The lowest BCUT2D eigenvalue weighted by Crippen LogP contribution is -2.53. The molecule has 1 heterocycles.